The van der Waals surface area contributed by atoms with E-state index in [1.807, 2.05) is 31.1 Å². The zero-order valence-corrected chi connectivity index (χ0v) is 37.8. The molecule has 3 saturated carbocycles. The molecule has 59 heavy (non-hydrogen) atoms. The van der Waals surface area contributed by atoms with Crippen LogP contribution >= 0.6 is 11.6 Å². The summed E-state index contributed by atoms with van der Waals surface area (Å²) in [7, 11) is 5.34. The van der Waals surface area contributed by atoms with Gasteiger partial charge in [0.15, 0.2) is 5.78 Å². The van der Waals surface area contributed by atoms with Crippen molar-refractivity contribution in [2.24, 2.45) is 51.2 Å². The number of benzene rings is 2. The molecule has 0 heterocycles. The number of Topliss-reactive ketones (excluding diaryl/α,β-unsaturated/α-hetero) is 1. The van der Waals surface area contributed by atoms with Crippen LogP contribution in [0.15, 0.2) is 65.8 Å². The Morgan fingerprint density at radius 3 is 2.17 bits per heavy atom. The maximum Gasteiger partial charge on any atom is 0.337 e. The zero-order valence-electron chi connectivity index (χ0n) is 37.0. The summed E-state index contributed by atoms with van der Waals surface area (Å²) >= 11 is 6.15. The van der Waals surface area contributed by atoms with E-state index in [0.29, 0.717) is 47.5 Å². The highest BCUT2D eigenvalue weighted by molar-refractivity contribution is 6.30. The molecule has 8 atom stereocenters. The average Bonchev–Trinajstić information content (AvgIpc) is 3.53. The molecule has 1 N–H and O–H groups in total. The number of ether oxygens (including phenoxy) is 1. The van der Waals surface area contributed by atoms with Gasteiger partial charge in [0.2, 0.25) is 5.91 Å². The van der Waals surface area contributed by atoms with Crippen LogP contribution in [0.4, 0.5) is 0 Å². The third kappa shape index (κ3) is 7.32. The second kappa shape index (κ2) is 15.9. The number of halogens is 1. The first-order chi connectivity index (χ1) is 27.8. The SMILES string of the molecule is COC(=O)c1ccc(C2=CC[C@]3(C)[C@H]4CC[C@@H]5C6=C(C(C)C)C(=O)CC6[C@@H](NC(=O)CN(CCN(C)C)C(=O)c6ccc(Cl)cc6)C[C@@]5(C)[C@]4(C)CC[C@H]3C2(C)C)cc1. The number of methoxy groups -OCH3 is 1. The number of esters is 1. The molecule has 0 aliphatic heterocycles. The first kappa shape index (κ1) is 43.3. The number of rotatable bonds is 10. The van der Waals surface area contributed by atoms with Crippen LogP contribution in [0.1, 0.15) is 120 Å². The lowest BCUT2D eigenvalue weighted by Gasteiger charge is -2.71. The number of likely N-dealkylation sites (N-methyl/N-ethyl adjacent to an activating group) is 1. The van der Waals surface area contributed by atoms with Gasteiger partial charge in [-0.25, -0.2) is 4.79 Å². The first-order valence-electron chi connectivity index (χ1n) is 21.9. The molecule has 9 heteroatoms. The van der Waals surface area contributed by atoms with Crippen LogP contribution in [0.3, 0.4) is 0 Å². The van der Waals surface area contributed by atoms with E-state index in [-0.39, 0.29) is 75.6 Å². The fraction of sp³-hybridized carbons (Fsp3) is 0.600. The van der Waals surface area contributed by atoms with Gasteiger partial charge in [-0.2, -0.15) is 0 Å². The van der Waals surface area contributed by atoms with Gasteiger partial charge in [-0.1, -0.05) is 83.8 Å². The zero-order chi connectivity index (χ0) is 42.8. The van der Waals surface area contributed by atoms with Gasteiger partial charge in [0.05, 0.1) is 19.2 Å². The molecule has 8 nitrogen and oxygen atoms in total. The molecule has 5 aliphatic rings. The number of carbonyl (C=O) groups excluding carboxylic acids is 4. The number of nitrogens with one attached hydrogen (secondary N) is 1. The largest absolute Gasteiger partial charge is 0.465 e. The van der Waals surface area contributed by atoms with E-state index in [4.69, 9.17) is 16.3 Å². The van der Waals surface area contributed by atoms with Crippen LogP contribution in [-0.4, -0.2) is 80.2 Å². The van der Waals surface area contributed by atoms with Crippen molar-refractivity contribution in [2.45, 2.75) is 99.5 Å². The molecular weight excluding hydrogens is 758 g/mol. The lowest BCUT2D eigenvalue weighted by atomic mass is 9.33. The van der Waals surface area contributed by atoms with Crippen LogP contribution < -0.4 is 5.32 Å². The minimum Gasteiger partial charge on any atom is -0.465 e. The van der Waals surface area contributed by atoms with Crippen molar-refractivity contribution in [3.05, 3.63) is 87.5 Å². The van der Waals surface area contributed by atoms with Crippen molar-refractivity contribution >= 4 is 40.7 Å². The number of allylic oxidation sites excluding steroid dienone is 3. The van der Waals surface area contributed by atoms with E-state index in [2.05, 4.69) is 72.0 Å². The fourth-order valence-electron chi connectivity index (χ4n) is 13.6. The summed E-state index contributed by atoms with van der Waals surface area (Å²) in [6, 6.07) is 14.5. The van der Waals surface area contributed by atoms with Gasteiger partial charge in [-0.05, 0) is 151 Å². The van der Waals surface area contributed by atoms with Crippen molar-refractivity contribution in [3.63, 3.8) is 0 Å². The van der Waals surface area contributed by atoms with E-state index >= 15 is 0 Å². The molecule has 0 bridgehead atoms. The van der Waals surface area contributed by atoms with E-state index < -0.39 is 0 Å². The second-order valence-electron chi connectivity index (χ2n) is 20.4. The third-order valence-corrected chi connectivity index (χ3v) is 16.7. The van der Waals surface area contributed by atoms with Crippen LogP contribution in [0, 0.1) is 51.2 Å². The molecule has 2 aromatic rings. The normalized spacial score (nSPS) is 32.1. The van der Waals surface area contributed by atoms with Crippen LogP contribution in [-0.2, 0) is 14.3 Å². The Morgan fingerprint density at radius 2 is 1.54 bits per heavy atom. The average molecular weight is 825 g/mol. The molecule has 7 rings (SSSR count). The maximum atomic E-state index is 14.3. The Bertz CT molecular complexity index is 2050. The third-order valence-electron chi connectivity index (χ3n) is 16.4. The van der Waals surface area contributed by atoms with E-state index in [9.17, 15) is 19.2 Å². The molecule has 0 radical (unpaired) electrons. The lowest BCUT2D eigenvalue weighted by molar-refractivity contribution is -0.195. The number of amides is 2. The second-order valence-corrected chi connectivity index (χ2v) is 20.8. The Labute approximate surface area is 357 Å². The van der Waals surface area contributed by atoms with Crippen molar-refractivity contribution < 1.29 is 23.9 Å². The quantitative estimate of drug-likeness (QED) is 0.240. The molecule has 3 fully saturated rings. The molecule has 2 amide bonds. The monoisotopic (exact) mass is 823 g/mol. The molecule has 318 valence electrons. The number of carbonyl (C=O) groups is 4. The minimum absolute atomic E-state index is 0.0261. The molecule has 0 aromatic heterocycles. The highest BCUT2D eigenvalue weighted by Crippen LogP contribution is 2.75. The summed E-state index contributed by atoms with van der Waals surface area (Å²) < 4.78 is 4.97. The molecular formula is C50H66ClN3O5. The number of nitrogens with zero attached hydrogens (tertiary/aromatic N) is 2. The molecule has 1 unspecified atom stereocenters. The standard InChI is InChI=1S/C50H66ClN3O5/c1-30(2)43-39(55)27-35-38(52-42(56)29-54(26-25-53(8)9)45(57)32-15-17-34(51)18-16-32)28-50(7)37(44(35)43)19-20-41-48(5)23-21-36(31-11-13-33(14-12-31)46(58)59-10)47(3,4)40(48)22-24-49(41,50)6/h11-18,21,30,35,37-38,40-41H,19-20,22-29H2,1-10H3,(H,52,56)/t35?,37-,38+,40+,41-,48+,49-,50-/m1/s1. The van der Waals surface area contributed by atoms with Crippen molar-refractivity contribution in [1.29, 1.82) is 0 Å². The number of hydrogen-bond acceptors (Lipinski definition) is 6. The van der Waals surface area contributed by atoms with Crippen LogP contribution in [0.25, 0.3) is 5.57 Å². The smallest absolute Gasteiger partial charge is 0.337 e. The summed E-state index contributed by atoms with van der Waals surface area (Å²) in [5.41, 5.74) is 5.70. The summed E-state index contributed by atoms with van der Waals surface area (Å²) in [6.45, 7) is 17.7. The first-order valence-corrected chi connectivity index (χ1v) is 22.3. The Hall–Kier alpha value is -3.75. The van der Waals surface area contributed by atoms with Gasteiger partial charge < -0.3 is 19.9 Å². The maximum absolute atomic E-state index is 14.3. The van der Waals surface area contributed by atoms with Crippen molar-refractivity contribution in [1.82, 2.24) is 15.1 Å². The van der Waals surface area contributed by atoms with E-state index in [1.54, 1.807) is 29.2 Å². The van der Waals surface area contributed by atoms with E-state index in [1.165, 1.54) is 23.8 Å². The topological polar surface area (TPSA) is 96.0 Å². The summed E-state index contributed by atoms with van der Waals surface area (Å²) in [5, 5.41) is 4.05. The van der Waals surface area contributed by atoms with Crippen molar-refractivity contribution in [2.75, 3.05) is 40.8 Å². The number of hydrogen-bond donors (Lipinski definition) is 1. The van der Waals surface area contributed by atoms with Crippen molar-refractivity contribution in [3.8, 4) is 0 Å². The number of ketones is 1. The summed E-state index contributed by atoms with van der Waals surface area (Å²) in [6.07, 6.45) is 9.08. The van der Waals surface area contributed by atoms with E-state index in [0.717, 1.165) is 44.1 Å². The van der Waals surface area contributed by atoms with Gasteiger partial charge in [0, 0.05) is 42.1 Å². The predicted octanol–water partition coefficient (Wildman–Crippen LogP) is 9.53. The fourth-order valence-corrected chi connectivity index (χ4v) is 13.7. The van der Waals surface area contributed by atoms with Gasteiger partial charge in [0.25, 0.3) is 5.91 Å². The minimum atomic E-state index is -0.322. The van der Waals surface area contributed by atoms with Crippen LogP contribution in [0.5, 0.6) is 0 Å². The summed E-state index contributed by atoms with van der Waals surface area (Å²) in [4.78, 5) is 58.0. The van der Waals surface area contributed by atoms with Gasteiger partial charge in [-0.3, -0.25) is 14.4 Å². The molecule has 0 spiro atoms. The Balaban J connectivity index is 1.20. The highest BCUT2D eigenvalue weighted by atomic mass is 35.5. The van der Waals surface area contributed by atoms with Gasteiger partial charge in [0.1, 0.15) is 0 Å². The summed E-state index contributed by atoms with van der Waals surface area (Å²) in [5.74, 6) is 0.827. The molecule has 0 saturated heterocycles. The van der Waals surface area contributed by atoms with Gasteiger partial charge >= 0.3 is 5.97 Å². The Morgan fingerprint density at radius 1 is 0.881 bits per heavy atom. The molecule has 2 aromatic carbocycles. The highest BCUT2D eigenvalue weighted by Gasteiger charge is 2.69. The predicted molar refractivity (Wildman–Crippen MR) is 235 cm³/mol. The lowest BCUT2D eigenvalue weighted by Crippen LogP contribution is -2.66. The molecule has 5 aliphatic carbocycles. The van der Waals surface area contributed by atoms with Crippen LogP contribution in [0.2, 0.25) is 5.02 Å². The number of fused-ring (bicyclic) bond motifs is 7. The van der Waals surface area contributed by atoms with Gasteiger partial charge in [-0.15, -0.1) is 0 Å². The Kier molecular flexibility index (Phi) is 11.7.